The maximum atomic E-state index is 14.2. The van der Waals surface area contributed by atoms with Gasteiger partial charge in [0.1, 0.15) is 12.3 Å². The Morgan fingerprint density at radius 2 is 2.29 bits per heavy atom. The molecule has 0 unspecified atom stereocenters. The van der Waals surface area contributed by atoms with Gasteiger partial charge in [0.15, 0.2) is 11.6 Å². The van der Waals surface area contributed by atoms with Crippen LogP contribution in [0, 0.1) is 0 Å². The molecule has 0 radical (unpaired) electrons. The lowest BCUT2D eigenvalue weighted by molar-refractivity contribution is 0.0419. The maximum absolute atomic E-state index is 14.2. The molecule has 21 heavy (non-hydrogen) atoms. The number of hydrogen-bond donors (Lipinski definition) is 1. The first-order valence-electron chi connectivity index (χ1n) is 7.46. The van der Waals surface area contributed by atoms with Crippen LogP contribution in [0.5, 0.6) is 5.75 Å². The summed E-state index contributed by atoms with van der Waals surface area (Å²) in [4.78, 5) is 18.4. The fourth-order valence-corrected chi connectivity index (χ4v) is 2.78. The molecule has 114 valence electrons. The van der Waals surface area contributed by atoms with Gasteiger partial charge < -0.3 is 15.0 Å². The van der Waals surface area contributed by atoms with Gasteiger partial charge in [-0.05, 0) is 25.3 Å². The molecule has 0 atom stereocenters. The number of hydrogen-bond acceptors (Lipinski definition) is 4. The summed E-state index contributed by atoms with van der Waals surface area (Å²) in [7, 11) is 0. The molecule has 2 aliphatic heterocycles. The van der Waals surface area contributed by atoms with Crippen molar-refractivity contribution in [2.24, 2.45) is 0 Å². The normalized spacial score (nSPS) is 20.2. The van der Waals surface area contributed by atoms with Crippen LogP contribution in [0.3, 0.4) is 0 Å². The van der Waals surface area contributed by atoms with Crippen molar-refractivity contribution in [2.45, 2.75) is 31.9 Å². The number of carbonyl (C=O) groups is 1. The summed E-state index contributed by atoms with van der Waals surface area (Å²) < 4.78 is 19.7. The molecule has 0 aromatic carbocycles. The number of fused-ring (bicyclic) bond motifs is 1. The van der Waals surface area contributed by atoms with Gasteiger partial charge in [0.05, 0.1) is 12.1 Å². The van der Waals surface area contributed by atoms with Crippen LogP contribution >= 0.6 is 0 Å². The summed E-state index contributed by atoms with van der Waals surface area (Å²) in [5.74, 6) is 1.18. The zero-order chi connectivity index (χ0) is 14.9. The number of amides is 1. The smallest absolute Gasteiger partial charge is 0.255 e. The van der Waals surface area contributed by atoms with Crippen molar-refractivity contribution < 1.29 is 13.9 Å². The van der Waals surface area contributed by atoms with Gasteiger partial charge in [0.25, 0.3) is 5.91 Å². The third kappa shape index (κ3) is 2.80. The lowest BCUT2D eigenvalue weighted by Crippen LogP contribution is -2.44. The number of ether oxygens (including phenoxy) is 1. The van der Waals surface area contributed by atoms with E-state index in [4.69, 9.17) is 4.74 Å². The highest BCUT2D eigenvalue weighted by molar-refractivity contribution is 5.94. The monoisotopic (exact) mass is 293 g/mol. The Balaban J connectivity index is 1.71. The van der Waals surface area contributed by atoms with E-state index in [1.165, 1.54) is 0 Å². The Bertz CT molecular complexity index is 542. The molecular formula is C15H20FN3O2. The molecule has 6 heteroatoms. The molecule has 1 amide bonds. The third-order valence-electron chi connectivity index (χ3n) is 4.33. The Morgan fingerprint density at radius 3 is 3.00 bits per heavy atom. The van der Waals surface area contributed by atoms with Gasteiger partial charge in [-0.15, -0.1) is 0 Å². The number of piperidine rings is 1. The largest absolute Gasteiger partial charge is 0.488 e. The number of nitrogens with one attached hydrogen (secondary N) is 1. The van der Waals surface area contributed by atoms with Crippen molar-refractivity contribution in [1.29, 1.82) is 0 Å². The first-order valence-corrected chi connectivity index (χ1v) is 7.46. The number of rotatable bonds is 2. The second-order valence-electron chi connectivity index (χ2n) is 5.64. The molecular weight excluding hydrogens is 273 g/mol. The van der Waals surface area contributed by atoms with E-state index in [0.717, 1.165) is 6.54 Å². The van der Waals surface area contributed by atoms with E-state index in [1.807, 2.05) is 6.92 Å². The number of anilines is 1. The van der Waals surface area contributed by atoms with E-state index >= 15 is 0 Å². The van der Waals surface area contributed by atoms with Crippen molar-refractivity contribution >= 4 is 11.7 Å². The Hall–Kier alpha value is -1.85. The number of likely N-dealkylation sites (tertiary alicyclic amines) is 1. The highest BCUT2D eigenvalue weighted by Gasteiger charge is 2.34. The molecule has 3 heterocycles. The number of pyridine rings is 1. The van der Waals surface area contributed by atoms with Crippen LogP contribution in [0.4, 0.5) is 10.2 Å². The van der Waals surface area contributed by atoms with Crippen molar-refractivity contribution in [1.82, 2.24) is 9.88 Å². The van der Waals surface area contributed by atoms with E-state index in [1.54, 1.807) is 17.2 Å². The second kappa shape index (κ2) is 5.50. The molecule has 0 aliphatic carbocycles. The van der Waals surface area contributed by atoms with Crippen molar-refractivity contribution in [3.8, 4) is 5.75 Å². The topological polar surface area (TPSA) is 54.5 Å². The van der Waals surface area contributed by atoms with Crippen LogP contribution in [-0.4, -0.2) is 47.7 Å². The van der Waals surface area contributed by atoms with Crippen LogP contribution in [-0.2, 0) is 0 Å². The predicted molar refractivity (Wildman–Crippen MR) is 77.5 cm³/mol. The SMILES string of the molecule is CCC1(F)CCN(C(=O)c2cnc3c(c2)OCCN3)CC1. The lowest BCUT2D eigenvalue weighted by atomic mass is 9.90. The summed E-state index contributed by atoms with van der Waals surface area (Å²) in [6.45, 7) is 4.06. The quantitative estimate of drug-likeness (QED) is 0.908. The van der Waals surface area contributed by atoms with Crippen LogP contribution in [0.2, 0.25) is 0 Å². The molecule has 5 nitrogen and oxygen atoms in total. The molecule has 3 rings (SSSR count). The van der Waals surface area contributed by atoms with Gasteiger partial charge in [-0.2, -0.15) is 0 Å². The van der Waals surface area contributed by atoms with Crippen LogP contribution < -0.4 is 10.1 Å². The van der Waals surface area contributed by atoms with Gasteiger partial charge in [-0.3, -0.25) is 4.79 Å². The van der Waals surface area contributed by atoms with Crippen LogP contribution in [0.25, 0.3) is 0 Å². The van der Waals surface area contributed by atoms with Crippen LogP contribution in [0.1, 0.15) is 36.5 Å². The average molecular weight is 293 g/mol. The maximum Gasteiger partial charge on any atom is 0.255 e. The summed E-state index contributed by atoms with van der Waals surface area (Å²) in [5.41, 5.74) is -0.613. The van der Waals surface area contributed by atoms with Gasteiger partial charge >= 0.3 is 0 Å². The van der Waals surface area contributed by atoms with E-state index in [2.05, 4.69) is 10.3 Å². The van der Waals surface area contributed by atoms with Gasteiger partial charge in [-0.25, -0.2) is 9.37 Å². The molecule has 0 spiro atoms. The van der Waals surface area contributed by atoms with Gasteiger partial charge in [0, 0.05) is 19.3 Å². The molecule has 2 aliphatic rings. The Labute approximate surface area is 123 Å². The highest BCUT2D eigenvalue weighted by atomic mass is 19.1. The molecule has 0 saturated carbocycles. The highest BCUT2D eigenvalue weighted by Crippen LogP contribution is 2.31. The van der Waals surface area contributed by atoms with E-state index < -0.39 is 5.67 Å². The zero-order valence-corrected chi connectivity index (χ0v) is 12.2. The predicted octanol–water partition coefficient (Wildman–Crippen LogP) is 2.24. The number of carbonyl (C=O) groups excluding carboxylic acids is 1. The van der Waals surface area contributed by atoms with Crippen molar-refractivity contribution in [3.05, 3.63) is 17.8 Å². The van der Waals surface area contributed by atoms with Crippen molar-refractivity contribution in [3.63, 3.8) is 0 Å². The van der Waals surface area contributed by atoms with Crippen LogP contribution in [0.15, 0.2) is 12.3 Å². The Kier molecular flexibility index (Phi) is 3.69. The third-order valence-corrected chi connectivity index (χ3v) is 4.33. The minimum absolute atomic E-state index is 0.0994. The molecule has 1 fully saturated rings. The first-order chi connectivity index (χ1) is 10.1. The number of alkyl halides is 1. The number of aromatic nitrogens is 1. The molecule has 1 aromatic heterocycles. The minimum atomic E-state index is -1.11. The minimum Gasteiger partial charge on any atom is -0.488 e. The average Bonchev–Trinajstić information content (AvgIpc) is 2.54. The van der Waals surface area contributed by atoms with E-state index in [0.29, 0.717) is 56.1 Å². The number of nitrogens with zero attached hydrogens (tertiary/aromatic N) is 2. The Morgan fingerprint density at radius 1 is 1.52 bits per heavy atom. The molecule has 1 N–H and O–H groups in total. The zero-order valence-electron chi connectivity index (χ0n) is 12.2. The summed E-state index contributed by atoms with van der Waals surface area (Å²) in [6.07, 6.45) is 2.88. The van der Waals surface area contributed by atoms with Crippen molar-refractivity contribution in [2.75, 3.05) is 31.6 Å². The molecule has 0 bridgehead atoms. The lowest BCUT2D eigenvalue weighted by Gasteiger charge is -2.36. The number of halogens is 1. The fraction of sp³-hybridized carbons (Fsp3) is 0.600. The summed E-state index contributed by atoms with van der Waals surface area (Å²) in [5, 5.41) is 3.12. The fourth-order valence-electron chi connectivity index (χ4n) is 2.78. The van der Waals surface area contributed by atoms with Gasteiger partial charge in [0.2, 0.25) is 0 Å². The first kappa shape index (κ1) is 14.1. The van der Waals surface area contributed by atoms with E-state index in [-0.39, 0.29) is 5.91 Å². The summed E-state index contributed by atoms with van der Waals surface area (Å²) >= 11 is 0. The van der Waals surface area contributed by atoms with Gasteiger partial charge in [-0.1, -0.05) is 6.92 Å². The standard InChI is InChI=1S/C15H20FN3O2/c1-2-15(16)3-6-19(7-4-15)14(20)11-9-12-13(18-10-11)17-5-8-21-12/h9-10H,2-8H2,1H3,(H,17,18). The summed E-state index contributed by atoms with van der Waals surface area (Å²) in [6, 6.07) is 1.72. The molecule has 1 aromatic rings. The second-order valence-corrected chi connectivity index (χ2v) is 5.64. The van der Waals surface area contributed by atoms with E-state index in [9.17, 15) is 9.18 Å². The molecule has 1 saturated heterocycles.